The van der Waals surface area contributed by atoms with E-state index in [1.807, 2.05) is 49.4 Å². The summed E-state index contributed by atoms with van der Waals surface area (Å²) in [6, 6.07) is 17.6. The first-order valence-electron chi connectivity index (χ1n) is 8.72. The first kappa shape index (κ1) is 19.4. The number of hydrogen-bond donors (Lipinski definition) is 1. The highest BCUT2D eigenvalue weighted by Gasteiger charge is 2.19. The van der Waals surface area contributed by atoms with E-state index in [-0.39, 0.29) is 18.6 Å². The summed E-state index contributed by atoms with van der Waals surface area (Å²) in [6.07, 6.45) is 1.69. The third-order valence-electron chi connectivity index (χ3n) is 4.17. The van der Waals surface area contributed by atoms with Crippen molar-refractivity contribution < 1.29 is 14.3 Å². The number of benzene rings is 2. The molecule has 6 heteroatoms. The Labute approximate surface area is 167 Å². The lowest BCUT2D eigenvalue weighted by Gasteiger charge is -2.14. The van der Waals surface area contributed by atoms with E-state index in [1.165, 1.54) is 16.9 Å². The van der Waals surface area contributed by atoms with Crippen LogP contribution in [-0.4, -0.2) is 24.5 Å². The van der Waals surface area contributed by atoms with Crippen LogP contribution in [0.1, 0.15) is 28.6 Å². The van der Waals surface area contributed by atoms with Crippen LogP contribution < -0.4 is 5.32 Å². The molecule has 1 N–H and O–H groups in total. The lowest BCUT2D eigenvalue weighted by molar-refractivity contribution is -0.124. The van der Waals surface area contributed by atoms with Crippen LogP contribution >= 0.6 is 22.9 Å². The number of nitrogens with one attached hydrogen (secondary N) is 1. The molecule has 0 radical (unpaired) electrons. The van der Waals surface area contributed by atoms with Crippen LogP contribution in [0, 0.1) is 0 Å². The molecule has 2 aromatic carbocycles. The molecule has 1 atom stereocenters. The SMILES string of the molecule is C[C@H](CCc1ccccc1)NC(=O)COC(=O)c1sc2ccccc2c1Cl. The predicted octanol–water partition coefficient (Wildman–Crippen LogP) is 4.85. The Morgan fingerprint density at radius 1 is 1.11 bits per heavy atom. The number of amides is 1. The summed E-state index contributed by atoms with van der Waals surface area (Å²) in [4.78, 5) is 24.6. The van der Waals surface area contributed by atoms with Gasteiger partial charge in [0.25, 0.3) is 5.91 Å². The molecule has 0 fully saturated rings. The fourth-order valence-electron chi connectivity index (χ4n) is 2.76. The minimum absolute atomic E-state index is 0.00989. The van der Waals surface area contributed by atoms with Crippen LogP contribution in [0.25, 0.3) is 10.1 Å². The maximum absolute atomic E-state index is 12.3. The quantitative estimate of drug-likeness (QED) is 0.576. The van der Waals surface area contributed by atoms with Gasteiger partial charge in [0.05, 0.1) is 5.02 Å². The zero-order valence-corrected chi connectivity index (χ0v) is 16.5. The molecule has 3 rings (SSSR count). The van der Waals surface area contributed by atoms with E-state index in [0.29, 0.717) is 9.90 Å². The van der Waals surface area contributed by atoms with Crippen molar-refractivity contribution in [1.29, 1.82) is 0 Å². The fourth-order valence-corrected chi connectivity index (χ4v) is 4.16. The number of carbonyl (C=O) groups excluding carboxylic acids is 2. The Morgan fingerprint density at radius 3 is 2.56 bits per heavy atom. The number of hydrogen-bond acceptors (Lipinski definition) is 4. The summed E-state index contributed by atoms with van der Waals surface area (Å²) in [5, 5.41) is 4.04. The number of thiophene rings is 1. The molecule has 0 saturated heterocycles. The Bertz CT molecular complexity index is 939. The Balaban J connectivity index is 1.48. The molecule has 27 heavy (non-hydrogen) atoms. The van der Waals surface area contributed by atoms with Gasteiger partial charge in [-0.05, 0) is 31.4 Å². The molecule has 4 nitrogen and oxygen atoms in total. The third kappa shape index (κ3) is 5.08. The predicted molar refractivity (Wildman–Crippen MR) is 109 cm³/mol. The largest absolute Gasteiger partial charge is 0.451 e. The first-order valence-corrected chi connectivity index (χ1v) is 9.91. The van der Waals surface area contributed by atoms with Crippen molar-refractivity contribution in [2.45, 2.75) is 25.8 Å². The van der Waals surface area contributed by atoms with Crippen LogP contribution in [0.2, 0.25) is 5.02 Å². The molecule has 0 aliphatic heterocycles. The zero-order valence-electron chi connectivity index (χ0n) is 14.9. The topological polar surface area (TPSA) is 55.4 Å². The van der Waals surface area contributed by atoms with Gasteiger partial charge in [0.15, 0.2) is 6.61 Å². The summed E-state index contributed by atoms with van der Waals surface area (Å²) in [7, 11) is 0. The first-order chi connectivity index (χ1) is 13.0. The number of aryl methyl sites for hydroxylation is 1. The molecule has 3 aromatic rings. The number of ether oxygens (including phenoxy) is 1. The highest BCUT2D eigenvalue weighted by atomic mass is 35.5. The van der Waals surface area contributed by atoms with E-state index >= 15 is 0 Å². The number of esters is 1. The Kier molecular flexibility index (Phi) is 6.48. The molecule has 1 aromatic heterocycles. The van der Waals surface area contributed by atoms with E-state index in [2.05, 4.69) is 17.4 Å². The van der Waals surface area contributed by atoms with Crippen molar-refractivity contribution in [2.75, 3.05) is 6.61 Å². The maximum Gasteiger partial charge on any atom is 0.350 e. The Morgan fingerprint density at radius 2 is 1.81 bits per heavy atom. The van der Waals surface area contributed by atoms with Gasteiger partial charge in [-0.25, -0.2) is 4.79 Å². The van der Waals surface area contributed by atoms with Crippen LogP contribution in [0.15, 0.2) is 54.6 Å². The molecule has 0 bridgehead atoms. The van der Waals surface area contributed by atoms with Crippen LogP contribution in [0.5, 0.6) is 0 Å². The maximum atomic E-state index is 12.3. The zero-order chi connectivity index (χ0) is 19.2. The summed E-state index contributed by atoms with van der Waals surface area (Å²) in [5.74, 6) is -0.894. The number of halogens is 1. The van der Waals surface area contributed by atoms with Gasteiger partial charge in [-0.15, -0.1) is 11.3 Å². The second-order valence-corrected chi connectivity index (χ2v) is 7.74. The van der Waals surface area contributed by atoms with E-state index in [1.54, 1.807) is 0 Å². The van der Waals surface area contributed by atoms with Gasteiger partial charge in [-0.3, -0.25) is 4.79 Å². The molecule has 0 unspecified atom stereocenters. The minimum Gasteiger partial charge on any atom is -0.451 e. The van der Waals surface area contributed by atoms with Gasteiger partial charge in [0, 0.05) is 16.1 Å². The minimum atomic E-state index is -0.576. The van der Waals surface area contributed by atoms with Gasteiger partial charge >= 0.3 is 5.97 Å². The standard InChI is InChI=1S/C21H20ClNO3S/c1-14(11-12-15-7-3-2-4-8-15)23-18(24)13-26-21(25)20-19(22)16-9-5-6-10-17(16)27-20/h2-10,14H,11-13H2,1H3,(H,23,24)/t14-/m1/s1. The highest BCUT2D eigenvalue weighted by molar-refractivity contribution is 7.21. The molecular formula is C21H20ClNO3S. The van der Waals surface area contributed by atoms with Crippen molar-refractivity contribution in [3.63, 3.8) is 0 Å². The van der Waals surface area contributed by atoms with Gasteiger partial charge in [0.2, 0.25) is 0 Å². The molecule has 0 aliphatic rings. The molecule has 0 saturated carbocycles. The van der Waals surface area contributed by atoms with E-state index in [4.69, 9.17) is 16.3 Å². The summed E-state index contributed by atoms with van der Waals surface area (Å²) < 4.78 is 6.05. The second kappa shape index (κ2) is 9.02. The van der Waals surface area contributed by atoms with Gasteiger partial charge in [-0.1, -0.05) is 60.1 Å². The molecule has 140 valence electrons. The second-order valence-electron chi connectivity index (χ2n) is 6.31. The van der Waals surface area contributed by atoms with Gasteiger partial charge in [0.1, 0.15) is 4.88 Å². The van der Waals surface area contributed by atoms with Gasteiger partial charge in [-0.2, -0.15) is 0 Å². The molecule has 1 heterocycles. The average molecular weight is 402 g/mol. The van der Waals surface area contributed by atoms with Crippen LogP contribution in [0.4, 0.5) is 0 Å². The smallest absolute Gasteiger partial charge is 0.350 e. The van der Waals surface area contributed by atoms with E-state index in [9.17, 15) is 9.59 Å². The average Bonchev–Trinajstić information content (AvgIpc) is 3.02. The van der Waals surface area contributed by atoms with E-state index in [0.717, 1.165) is 22.9 Å². The van der Waals surface area contributed by atoms with Crippen molar-refractivity contribution in [2.24, 2.45) is 0 Å². The number of carbonyl (C=O) groups is 2. The highest BCUT2D eigenvalue weighted by Crippen LogP contribution is 2.35. The molecule has 0 spiro atoms. The lowest BCUT2D eigenvalue weighted by atomic mass is 10.1. The molecule has 1 amide bonds. The third-order valence-corrected chi connectivity index (χ3v) is 5.83. The van der Waals surface area contributed by atoms with Crippen molar-refractivity contribution in [3.05, 3.63) is 70.1 Å². The lowest BCUT2D eigenvalue weighted by Crippen LogP contribution is -2.36. The van der Waals surface area contributed by atoms with Crippen LogP contribution in [-0.2, 0) is 16.0 Å². The summed E-state index contributed by atoms with van der Waals surface area (Å²) >= 11 is 7.53. The van der Waals surface area contributed by atoms with Crippen molar-refractivity contribution in [1.82, 2.24) is 5.32 Å². The molecular weight excluding hydrogens is 382 g/mol. The normalized spacial score (nSPS) is 11.9. The van der Waals surface area contributed by atoms with Crippen molar-refractivity contribution in [3.8, 4) is 0 Å². The van der Waals surface area contributed by atoms with Gasteiger partial charge < -0.3 is 10.1 Å². The number of rotatable bonds is 7. The van der Waals surface area contributed by atoms with Crippen molar-refractivity contribution >= 4 is 44.9 Å². The Hall–Kier alpha value is -2.37. The fraction of sp³-hybridized carbons (Fsp3) is 0.238. The monoisotopic (exact) mass is 401 g/mol. The number of fused-ring (bicyclic) bond motifs is 1. The van der Waals surface area contributed by atoms with Crippen LogP contribution in [0.3, 0.4) is 0 Å². The van der Waals surface area contributed by atoms with E-state index < -0.39 is 5.97 Å². The molecule has 0 aliphatic carbocycles. The summed E-state index contributed by atoms with van der Waals surface area (Å²) in [6.45, 7) is 1.62. The summed E-state index contributed by atoms with van der Waals surface area (Å²) in [5.41, 5.74) is 1.23.